The van der Waals surface area contributed by atoms with E-state index < -0.39 is 5.60 Å². The predicted octanol–water partition coefficient (Wildman–Crippen LogP) is 3.47. The molecule has 128 valence electrons. The molecule has 0 spiro atoms. The Morgan fingerprint density at radius 2 is 2.22 bits per heavy atom. The zero-order chi connectivity index (χ0) is 17.0. The van der Waals surface area contributed by atoms with Crippen LogP contribution in [-0.4, -0.2) is 52.7 Å². The number of carbonyl (C=O) groups excluding carboxylic acids is 1. The van der Waals surface area contributed by atoms with Gasteiger partial charge in [0.25, 0.3) is 0 Å². The lowest BCUT2D eigenvalue weighted by Crippen LogP contribution is -2.44. The van der Waals surface area contributed by atoms with Crippen LogP contribution in [0.3, 0.4) is 0 Å². The molecule has 23 heavy (non-hydrogen) atoms. The van der Waals surface area contributed by atoms with Crippen LogP contribution < -0.4 is 0 Å². The molecule has 0 aliphatic carbocycles. The second-order valence-electron chi connectivity index (χ2n) is 7.34. The van der Waals surface area contributed by atoms with E-state index in [1.165, 1.54) is 0 Å². The molecule has 5 nitrogen and oxygen atoms in total. The van der Waals surface area contributed by atoms with E-state index in [0.29, 0.717) is 0 Å². The van der Waals surface area contributed by atoms with Crippen molar-refractivity contribution in [2.24, 2.45) is 0 Å². The SMILES string of the molecule is C[C@@H](c1ccccn1)N(C)C[C@H]1CCCN1C(=O)OC(C)(C)C. The summed E-state index contributed by atoms with van der Waals surface area (Å²) >= 11 is 0. The van der Waals surface area contributed by atoms with Crippen molar-refractivity contribution in [3.63, 3.8) is 0 Å². The van der Waals surface area contributed by atoms with E-state index in [4.69, 9.17) is 4.74 Å². The molecule has 2 heterocycles. The van der Waals surface area contributed by atoms with Gasteiger partial charge in [0.05, 0.1) is 5.69 Å². The fourth-order valence-electron chi connectivity index (χ4n) is 2.93. The molecule has 0 unspecified atom stereocenters. The first kappa shape index (κ1) is 17.7. The standard InChI is InChI=1S/C18H29N3O2/c1-14(16-10-6-7-11-19-16)20(5)13-15-9-8-12-21(15)17(22)23-18(2,3)4/h6-7,10-11,14-15H,8-9,12-13H2,1-5H3/t14-,15+/m0/s1. The first-order valence-electron chi connectivity index (χ1n) is 8.39. The zero-order valence-electron chi connectivity index (χ0n) is 15.0. The molecule has 5 heteroatoms. The fourth-order valence-corrected chi connectivity index (χ4v) is 2.93. The fraction of sp³-hybridized carbons (Fsp3) is 0.667. The van der Waals surface area contributed by atoms with Crippen LogP contribution in [0.25, 0.3) is 0 Å². The molecule has 1 aromatic heterocycles. The van der Waals surface area contributed by atoms with Gasteiger partial charge in [-0.05, 0) is 59.7 Å². The van der Waals surface area contributed by atoms with Crippen LogP contribution in [0.15, 0.2) is 24.4 Å². The van der Waals surface area contributed by atoms with Gasteiger partial charge in [-0.2, -0.15) is 0 Å². The molecule has 1 aliphatic rings. The van der Waals surface area contributed by atoms with E-state index in [1.807, 2.05) is 50.1 Å². The van der Waals surface area contributed by atoms with E-state index in [2.05, 4.69) is 23.9 Å². The Hall–Kier alpha value is -1.62. The van der Waals surface area contributed by atoms with E-state index in [-0.39, 0.29) is 18.2 Å². The molecule has 0 N–H and O–H groups in total. The summed E-state index contributed by atoms with van der Waals surface area (Å²) in [5.41, 5.74) is 0.606. The Kier molecular flexibility index (Phi) is 5.63. The Labute approximate surface area is 139 Å². The summed E-state index contributed by atoms with van der Waals surface area (Å²) in [7, 11) is 2.09. The van der Waals surface area contributed by atoms with Crippen molar-refractivity contribution < 1.29 is 9.53 Å². The number of ether oxygens (including phenoxy) is 1. The summed E-state index contributed by atoms with van der Waals surface area (Å²) in [5.74, 6) is 0. The van der Waals surface area contributed by atoms with E-state index in [1.54, 1.807) is 0 Å². The second-order valence-corrected chi connectivity index (χ2v) is 7.34. The number of rotatable bonds is 4. The van der Waals surface area contributed by atoms with Crippen LogP contribution in [0.4, 0.5) is 4.79 Å². The highest BCUT2D eigenvalue weighted by Gasteiger charge is 2.33. The minimum atomic E-state index is -0.447. The molecule has 1 aliphatic heterocycles. The van der Waals surface area contributed by atoms with Crippen molar-refractivity contribution in [2.45, 2.75) is 58.2 Å². The summed E-state index contributed by atoms with van der Waals surface area (Å²) in [6.45, 7) is 9.49. The van der Waals surface area contributed by atoms with E-state index in [0.717, 1.165) is 31.6 Å². The molecule has 1 amide bonds. The number of pyridine rings is 1. The van der Waals surface area contributed by atoms with Crippen molar-refractivity contribution in [3.05, 3.63) is 30.1 Å². The van der Waals surface area contributed by atoms with Crippen LogP contribution in [0.2, 0.25) is 0 Å². The highest BCUT2D eigenvalue weighted by molar-refractivity contribution is 5.69. The van der Waals surface area contributed by atoms with E-state index in [9.17, 15) is 4.79 Å². The highest BCUT2D eigenvalue weighted by Crippen LogP contribution is 2.24. The number of likely N-dealkylation sites (N-methyl/N-ethyl adjacent to an activating group) is 1. The Morgan fingerprint density at radius 3 is 2.83 bits per heavy atom. The number of carbonyl (C=O) groups is 1. The lowest BCUT2D eigenvalue weighted by atomic mass is 10.1. The second kappa shape index (κ2) is 7.30. The molecule has 2 atom stereocenters. The Bertz CT molecular complexity index is 513. The number of aromatic nitrogens is 1. The molecule has 2 rings (SSSR count). The highest BCUT2D eigenvalue weighted by atomic mass is 16.6. The number of nitrogens with zero attached hydrogens (tertiary/aromatic N) is 3. The molecule has 1 saturated heterocycles. The van der Waals surface area contributed by atoms with Gasteiger partial charge in [0.15, 0.2) is 0 Å². The van der Waals surface area contributed by atoms with Gasteiger partial charge in [0, 0.05) is 31.4 Å². The monoisotopic (exact) mass is 319 g/mol. The van der Waals surface area contributed by atoms with Crippen molar-refractivity contribution in [1.82, 2.24) is 14.8 Å². The van der Waals surface area contributed by atoms with Crippen LogP contribution >= 0.6 is 0 Å². The first-order chi connectivity index (χ1) is 10.8. The zero-order valence-corrected chi connectivity index (χ0v) is 15.0. The molecular formula is C18H29N3O2. The van der Waals surface area contributed by atoms with Crippen molar-refractivity contribution in [3.8, 4) is 0 Å². The molecule has 1 fully saturated rings. The van der Waals surface area contributed by atoms with Crippen molar-refractivity contribution in [2.75, 3.05) is 20.1 Å². The molecule has 0 bridgehead atoms. The number of likely N-dealkylation sites (tertiary alicyclic amines) is 1. The number of hydrogen-bond donors (Lipinski definition) is 0. The average molecular weight is 319 g/mol. The van der Waals surface area contributed by atoms with Gasteiger partial charge in [-0.3, -0.25) is 9.88 Å². The molecular weight excluding hydrogens is 290 g/mol. The summed E-state index contributed by atoms with van der Waals surface area (Å²) in [6, 6.07) is 6.41. The van der Waals surface area contributed by atoms with E-state index >= 15 is 0 Å². The van der Waals surface area contributed by atoms with Gasteiger partial charge in [-0.25, -0.2) is 4.79 Å². The van der Waals surface area contributed by atoms with Gasteiger partial charge in [-0.15, -0.1) is 0 Å². The lowest BCUT2D eigenvalue weighted by Gasteiger charge is -2.33. The molecule has 0 aromatic carbocycles. The maximum atomic E-state index is 12.4. The summed E-state index contributed by atoms with van der Waals surface area (Å²) < 4.78 is 5.53. The lowest BCUT2D eigenvalue weighted by molar-refractivity contribution is 0.0193. The quantitative estimate of drug-likeness (QED) is 0.852. The summed E-state index contributed by atoms with van der Waals surface area (Å²) in [6.07, 6.45) is 3.69. The first-order valence-corrected chi connectivity index (χ1v) is 8.39. The Morgan fingerprint density at radius 1 is 1.48 bits per heavy atom. The average Bonchev–Trinajstić information content (AvgIpc) is 2.94. The van der Waals surface area contributed by atoms with Gasteiger partial charge in [0.1, 0.15) is 5.60 Å². The third-order valence-electron chi connectivity index (χ3n) is 4.28. The molecule has 0 radical (unpaired) electrons. The van der Waals surface area contributed by atoms with Crippen LogP contribution in [0.1, 0.15) is 52.3 Å². The van der Waals surface area contributed by atoms with Gasteiger partial charge < -0.3 is 9.64 Å². The minimum absolute atomic E-state index is 0.195. The third kappa shape index (κ3) is 4.93. The Balaban J connectivity index is 1.96. The van der Waals surface area contributed by atoms with Crippen molar-refractivity contribution >= 4 is 6.09 Å². The summed E-state index contributed by atoms with van der Waals surface area (Å²) in [5, 5.41) is 0. The van der Waals surface area contributed by atoms with Gasteiger partial charge >= 0.3 is 6.09 Å². The van der Waals surface area contributed by atoms with Gasteiger partial charge in [0.2, 0.25) is 0 Å². The maximum absolute atomic E-state index is 12.4. The number of amides is 1. The molecule has 0 saturated carbocycles. The molecule has 1 aromatic rings. The third-order valence-corrected chi connectivity index (χ3v) is 4.28. The largest absolute Gasteiger partial charge is 0.444 e. The van der Waals surface area contributed by atoms with Crippen molar-refractivity contribution in [1.29, 1.82) is 0 Å². The smallest absolute Gasteiger partial charge is 0.410 e. The minimum Gasteiger partial charge on any atom is -0.444 e. The predicted molar refractivity (Wildman–Crippen MR) is 91.2 cm³/mol. The van der Waals surface area contributed by atoms with Crippen LogP contribution in [-0.2, 0) is 4.74 Å². The van der Waals surface area contributed by atoms with Crippen LogP contribution in [0, 0.1) is 0 Å². The van der Waals surface area contributed by atoms with Crippen LogP contribution in [0.5, 0.6) is 0 Å². The number of hydrogen-bond acceptors (Lipinski definition) is 4. The topological polar surface area (TPSA) is 45.7 Å². The maximum Gasteiger partial charge on any atom is 0.410 e. The summed E-state index contributed by atoms with van der Waals surface area (Å²) in [4.78, 5) is 20.9. The van der Waals surface area contributed by atoms with Gasteiger partial charge in [-0.1, -0.05) is 6.07 Å². The normalized spacial score (nSPS) is 19.9.